The number of hydrogen-bond donors (Lipinski definition) is 1. The summed E-state index contributed by atoms with van der Waals surface area (Å²) in [4.78, 5) is 11.4. The van der Waals surface area contributed by atoms with Gasteiger partial charge in [-0.15, -0.1) is 0 Å². The van der Waals surface area contributed by atoms with Gasteiger partial charge in [-0.3, -0.25) is 9.58 Å². The number of ether oxygens (including phenoxy) is 2. The number of carboxylic acid groups (broad SMARTS) is 1. The summed E-state index contributed by atoms with van der Waals surface area (Å²) in [5.74, 6) is -1.74. The van der Waals surface area contributed by atoms with Crippen molar-refractivity contribution in [3.05, 3.63) is 42.6 Å². The van der Waals surface area contributed by atoms with Crippen molar-refractivity contribution in [1.82, 2.24) is 14.7 Å². The van der Waals surface area contributed by atoms with E-state index in [9.17, 15) is 13.2 Å². The summed E-state index contributed by atoms with van der Waals surface area (Å²) in [5.41, 5.74) is 0. The van der Waals surface area contributed by atoms with E-state index in [-0.39, 0.29) is 12.2 Å². The van der Waals surface area contributed by atoms with Crippen LogP contribution in [0, 0.1) is 0 Å². The average Bonchev–Trinajstić information content (AvgIpc) is 3.48. The van der Waals surface area contributed by atoms with Gasteiger partial charge in [-0.25, -0.2) is 4.79 Å². The predicted molar refractivity (Wildman–Crippen MR) is 102 cm³/mol. The van der Waals surface area contributed by atoms with Gasteiger partial charge in [-0.1, -0.05) is 0 Å². The van der Waals surface area contributed by atoms with Crippen LogP contribution in [-0.4, -0.2) is 69.9 Å². The number of fused-ring (bicyclic) bond motifs is 1. The van der Waals surface area contributed by atoms with Crippen molar-refractivity contribution in [2.75, 3.05) is 19.8 Å². The van der Waals surface area contributed by atoms with Gasteiger partial charge in [0.25, 0.3) is 0 Å². The van der Waals surface area contributed by atoms with Gasteiger partial charge in [0.05, 0.1) is 18.9 Å². The number of rotatable bonds is 7. The number of halogens is 3. The van der Waals surface area contributed by atoms with Crippen molar-refractivity contribution >= 4 is 5.97 Å². The van der Waals surface area contributed by atoms with E-state index >= 15 is 0 Å². The Hall–Kier alpha value is -2.37. The minimum atomic E-state index is -5.08. The quantitative estimate of drug-likeness (QED) is 0.656. The molecule has 8 nitrogen and oxygen atoms in total. The second-order valence-electron chi connectivity index (χ2n) is 7.39. The first kappa shape index (κ1) is 23.3. The van der Waals surface area contributed by atoms with Crippen LogP contribution >= 0.6 is 0 Å². The van der Waals surface area contributed by atoms with E-state index in [1.54, 1.807) is 6.26 Å². The summed E-state index contributed by atoms with van der Waals surface area (Å²) in [5, 5.41) is 11.3. The van der Waals surface area contributed by atoms with Crippen LogP contribution in [-0.2, 0) is 27.4 Å². The fourth-order valence-electron chi connectivity index (χ4n) is 3.83. The third-order valence-electron chi connectivity index (χ3n) is 5.19. The molecular formula is C20H26F3N3O5. The van der Waals surface area contributed by atoms with Crippen molar-refractivity contribution in [3.63, 3.8) is 0 Å². The highest BCUT2D eigenvalue weighted by molar-refractivity contribution is 5.73. The van der Waals surface area contributed by atoms with E-state index in [1.807, 2.05) is 35.3 Å². The van der Waals surface area contributed by atoms with Crippen LogP contribution in [0.5, 0.6) is 0 Å². The summed E-state index contributed by atoms with van der Waals surface area (Å²) in [6.45, 7) is 4.24. The predicted octanol–water partition coefficient (Wildman–Crippen LogP) is 2.95. The maximum Gasteiger partial charge on any atom is 0.490 e. The Kier molecular flexibility index (Phi) is 8.10. The fraction of sp³-hybridized carbons (Fsp3) is 0.600. The molecule has 0 aliphatic carbocycles. The van der Waals surface area contributed by atoms with Crippen LogP contribution in [0.3, 0.4) is 0 Å². The maximum absolute atomic E-state index is 10.6. The summed E-state index contributed by atoms with van der Waals surface area (Å²) in [6, 6.07) is 6.38. The lowest BCUT2D eigenvalue weighted by molar-refractivity contribution is -0.192. The fourth-order valence-corrected chi connectivity index (χ4v) is 3.83. The molecule has 3 atom stereocenters. The lowest BCUT2D eigenvalue weighted by atomic mass is 10.0. The summed E-state index contributed by atoms with van der Waals surface area (Å²) < 4.78 is 51.4. The van der Waals surface area contributed by atoms with Gasteiger partial charge in [0.2, 0.25) is 0 Å². The zero-order chi connectivity index (χ0) is 22.3. The molecule has 11 heteroatoms. The Balaban J connectivity index is 0.000000339. The van der Waals surface area contributed by atoms with Gasteiger partial charge in [0.15, 0.2) is 0 Å². The minimum Gasteiger partial charge on any atom is -0.475 e. The molecule has 2 aliphatic rings. The van der Waals surface area contributed by atoms with Gasteiger partial charge in [0, 0.05) is 44.7 Å². The monoisotopic (exact) mass is 445 g/mol. The molecule has 2 aliphatic heterocycles. The van der Waals surface area contributed by atoms with E-state index in [0.717, 1.165) is 51.4 Å². The van der Waals surface area contributed by atoms with Crippen LogP contribution in [0.15, 0.2) is 41.3 Å². The van der Waals surface area contributed by atoms with Gasteiger partial charge in [-0.2, -0.15) is 18.3 Å². The second kappa shape index (κ2) is 10.8. The first-order chi connectivity index (χ1) is 14.8. The highest BCUT2D eigenvalue weighted by Crippen LogP contribution is 2.32. The number of aliphatic carboxylic acids is 1. The Bertz CT molecular complexity index is 783. The lowest BCUT2D eigenvalue weighted by Gasteiger charge is -2.32. The maximum atomic E-state index is 10.6. The molecule has 2 saturated heterocycles. The number of aryl methyl sites for hydroxylation is 1. The molecule has 172 valence electrons. The molecule has 0 amide bonds. The number of hydrogen-bond acceptors (Lipinski definition) is 6. The van der Waals surface area contributed by atoms with E-state index < -0.39 is 12.1 Å². The number of furan rings is 1. The van der Waals surface area contributed by atoms with Crippen LogP contribution in [0.4, 0.5) is 13.2 Å². The molecule has 0 spiro atoms. The molecule has 31 heavy (non-hydrogen) atoms. The van der Waals surface area contributed by atoms with Crippen LogP contribution in [0.2, 0.25) is 0 Å². The van der Waals surface area contributed by atoms with Crippen molar-refractivity contribution < 1.29 is 37.0 Å². The molecular weight excluding hydrogens is 419 g/mol. The first-order valence-corrected chi connectivity index (χ1v) is 10.1. The average molecular weight is 445 g/mol. The molecule has 0 saturated carbocycles. The highest BCUT2D eigenvalue weighted by Gasteiger charge is 2.44. The Morgan fingerprint density at radius 1 is 1.35 bits per heavy atom. The Morgan fingerprint density at radius 3 is 2.81 bits per heavy atom. The first-order valence-electron chi connectivity index (χ1n) is 10.1. The highest BCUT2D eigenvalue weighted by atomic mass is 19.4. The number of likely N-dealkylation sites (tertiary alicyclic amines) is 1. The van der Waals surface area contributed by atoms with E-state index in [1.165, 1.54) is 6.42 Å². The smallest absolute Gasteiger partial charge is 0.475 e. The number of carboxylic acids is 1. The van der Waals surface area contributed by atoms with Crippen molar-refractivity contribution in [2.24, 2.45) is 0 Å². The largest absolute Gasteiger partial charge is 0.490 e. The van der Waals surface area contributed by atoms with Gasteiger partial charge in [-0.05, 0) is 37.5 Å². The van der Waals surface area contributed by atoms with Crippen LogP contribution < -0.4 is 0 Å². The molecule has 2 aromatic heterocycles. The molecule has 0 unspecified atom stereocenters. The van der Waals surface area contributed by atoms with E-state index in [4.69, 9.17) is 23.8 Å². The van der Waals surface area contributed by atoms with Crippen LogP contribution in [0.1, 0.15) is 25.0 Å². The number of alkyl halides is 3. The SMILES string of the molecule is O=C(O)C(F)(F)F.c1coc(CN2C[C@@H](OCCCn3cccn3)[C@H]3OCCC[C@H]32)c1. The zero-order valence-corrected chi connectivity index (χ0v) is 16.9. The topological polar surface area (TPSA) is 90.0 Å². The van der Waals surface area contributed by atoms with E-state index in [0.29, 0.717) is 6.04 Å². The summed E-state index contributed by atoms with van der Waals surface area (Å²) in [6.07, 6.45) is 4.07. The molecule has 2 aromatic rings. The molecule has 0 radical (unpaired) electrons. The van der Waals surface area contributed by atoms with Gasteiger partial charge in [0.1, 0.15) is 11.9 Å². The lowest BCUT2D eigenvalue weighted by Crippen LogP contribution is -2.41. The molecule has 2 fully saturated rings. The van der Waals surface area contributed by atoms with Crippen molar-refractivity contribution in [2.45, 2.75) is 56.8 Å². The van der Waals surface area contributed by atoms with Gasteiger partial charge >= 0.3 is 12.1 Å². The van der Waals surface area contributed by atoms with Crippen molar-refractivity contribution in [1.29, 1.82) is 0 Å². The number of carbonyl (C=O) groups is 1. The Labute approximate surface area is 177 Å². The zero-order valence-electron chi connectivity index (χ0n) is 16.9. The number of aromatic nitrogens is 2. The summed E-state index contributed by atoms with van der Waals surface area (Å²) >= 11 is 0. The van der Waals surface area contributed by atoms with Gasteiger partial charge < -0.3 is 19.0 Å². The van der Waals surface area contributed by atoms with Crippen LogP contribution in [0.25, 0.3) is 0 Å². The molecule has 1 N–H and O–H groups in total. The normalized spacial score (nSPS) is 23.8. The standard InChI is InChI=1S/C18H25N3O3.C2HF3O2/c1-5-15(22-10-1)13-20-14-17(18-16(20)6-2-11-24-18)23-12-4-9-21-8-3-7-19-21;3-2(4,5)1(6)7/h1,3,5,7-8,10,16-18H,2,4,6,9,11-14H2;(H,6,7)/t16-,17-,18+;/m1./s1. The second-order valence-corrected chi connectivity index (χ2v) is 7.39. The Morgan fingerprint density at radius 2 is 2.16 bits per heavy atom. The summed E-state index contributed by atoms with van der Waals surface area (Å²) in [7, 11) is 0. The van der Waals surface area contributed by atoms with Crippen molar-refractivity contribution in [3.8, 4) is 0 Å². The third kappa shape index (κ3) is 6.81. The molecule has 0 bridgehead atoms. The molecule has 4 rings (SSSR count). The van der Waals surface area contributed by atoms with E-state index in [2.05, 4.69) is 10.00 Å². The number of nitrogens with zero attached hydrogens (tertiary/aromatic N) is 3. The molecule has 4 heterocycles. The molecule has 0 aromatic carbocycles. The minimum absolute atomic E-state index is 0.155. The third-order valence-corrected chi connectivity index (χ3v) is 5.19.